The van der Waals surface area contributed by atoms with E-state index in [4.69, 9.17) is 20.8 Å². The van der Waals surface area contributed by atoms with Gasteiger partial charge in [-0.25, -0.2) is 4.85 Å². The molecule has 0 heterocycles. The molecule has 4 aromatic carbocycles. The molecule has 188 valence electrons. The van der Waals surface area contributed by atoms with E-state index >= 15 is 0 Å². The van der Waals surface area contributed by atoms with E-state index in [-0.39, 0.29) is 0 Å². The van der Waals surface area contributed by atoms with Crippen molar-refractivity contribution in [3.8, 4) is 34.4 Å². The third kappa shape index (κ3) is 5.51. The first kappa shape index (κ1) is 26.0. The highest BCUT2D eigenvalue weighted by Gasteiger charge is 2.13. The molecule has 0 aliphatic heterocycles. The van der Waals surface area contributed by atoms with Gasteiger partial charge in [-0.3, -0.25) is 4.79 Å². The second-order valence-corrected chi connectivity index (χ2v) is 8.69. The van der Waals surface area contributed by atoms with Crippen molar-refractivity contribution < 1.29 is 19.0 Å². The van der Waals surface area contributed by atoms with Gasteiger partial charge >= 0.3 is 0 Å². The van der Waals surface area contributed by atoms with E-state index in [1.807, 2.05) is 24.3 Å². The molecule has 0 saturated heterocycles. The summed E-state index contributed by atoms with van der Waals surface area (Å²) < 4.78 is 17.2. The Kier molecular flexibility index (Phi) is 8.06. The minimum atomic E-state index is 0.291. The lowest BCUT2D eigenvalue weighted by molar-refractivity contribution is 0.112. The number of carbonyl (C=O) groups is 1. The van der Waals surface area contributed by atoms with Crippen LogP contribution in [0.2, 0.25) is 0 Å². The van der Waals surface area contributed by atoms with Crippen LogP contribution in [-0.2, 0) is 13.2 Å². The molecular weight excluding hydrogens is 476 g/mol. The molecule has 0 saturated carbocycles. The van der Waals surface area contributed by atoms with Crippen molar-refractivity contribution in [1.29, 1.82) is 5.26 Å². The topological polar surface area (TPSA) is 72.9 Å². The summed E-state index contributed by atoms with van der Waals surface area (Å²) in [6.45, 7) is 12.1. The van der Waals surface area contributed by atoms with Gasteiger partial charge in [0.05, 0.1) is 19.2 Å². The zero-order valence-corrected chi connectivity index (χ0v) is 21.4. The minimum Gasteiger partial charge on any atom is -0.500 e. The number of methoxy groups -OCH3 is 1. The maximum absolute atomic E-state index is 11.0. The number of benzene rings is 4. The fourth-order valence-electron chi connectivity index (χ4n) is 4.24. The Hall–Kier alpha value is -5.07. The average molecular weight is 503 g/mol. The van der Waals surface area contributed by atoms with Gasteiger partial charge in [0, 0.05) is 11.6 Å². The van der Waals surface area contributed by atoms with Crippen molar-refractivity contribution in [2.75, 3.05) is 7.11 Å². The maximum atomic E-state index is 11.0. The predicted octanol–water partition coefficient (Wildman–Crippen LogP) is 7.37. The van der Waals surface area contributed by atoms with Gasteiger partial charge in [0.1, 0.15) is 42.8 Å². The summed E-state index contributed by atoms with van der Waals surface area (Å²) in [5.41, 5.74) is 7.50. The third-order valence-corrected chi connectivity index (χ3v) is 6.50. The first-order valence-corrected chi connectivity index (χ1v) is 12.0. The smallest absolute Gasteiger partial charge is 0.228 e. The van der Waals surface area contributed by atoms with Crippen LogP contribution in [0.1, 0.15) is 38.2 Å². The van der Waals surface area contributed by atoms with Gasteiger partial charge in [-0.05, 0) is 71.5 Å². The molecule has 0 spiro atoms. The highest BCUT2D eigenvalue weighted by Crippen LogP contribution is 2.33. The zero-order chi connectivity index (χ0) is 27.1. The van der Waals surface area contributed by atoms with E-state index < -0.39 is 0 Å². The minimum absolute atomic E-state index is 0.291. The Labute approximate surface area is 222 Å². The van der Waals surface area contributed by atoms with Crippen LogP contribution in [0, 0.1) is 31.8 Å². The van der Waals surface area contributed by atoms with Crippen LogP contribution in [0.25, 0.3) is 16.0 Å². The molecule has 0 fully saturated rings. The molecule has 0 radical (unpaired) electrons. The van der Waals surface area contributed by atoms with Crippen molar-refractivity contribution in [3.05, 3.63) is 118 Å². The summed E-state index contributed by atoms with van der Waals surface area (Å²) in [6, 6.07) is 24.3. The number of carbonyl (C=O) groups excluding carboxylic acids is 1. The second-order valence-electron chi connectivity index (χ2n) is 8.69. The van der Waals surface area contributed by atoms with Crippen molar-refractivity contribution in [2.24, 2.45) is 0 Å². The number of rotatable bonds is 9. The van der Waals surface area contributed by atoms with Crippen LogP contribution >= 0.6 is 0 Å². The fourth-order valence-corrected chi connectivity index (χ4v) is 4.24. The largest absolute Gasteiger partial charge is 0.500 e. The molecule has 0 bridgehead atoms. The first-order valence-electron chi connectivity index (χ1n) is 12.0. The standard InChI is InChI=1S/C32H26N2O4/c1-21-24(19-37-31-14-12-27(36-4)16-26(31)17-33)7-5-9-28(21)29-10-6-8-25(22(29)2)20-38-32-13-11-23(18-35)15-30(32)34-3/h5-16,18H,19-20H2,1-2,4H3. The average Bonchev–Trinajstić information content (AvgIpc) is 2.96. The predicted molar refractivity (Wildman–Crippen MR) is 146 cm³/mol. The molecule has 38 heavy (non-hydrogen) atoms. The highest BCUT2D eigenvalue weighted by atomic mass is 16.5. The summed E-state index contributed by atoms with van der Waals surface area (Å²) in [6.07, 6.45) is 0.715. The molecule has 6 nitrogen and oxygen atoms in total. The van der Waals surface area contributed by atoms with Crippen LogP contribution < -0.4 is 14.2 Å². The molecular formula is C32H26N2O4. The van der Waals surface area contributed by atoms with Crippen LogP contribution in [0.15, 0.2) is 72.8 Å². The Morgan fingerprint density at radius 2 is 1.47 bits per heavy atom. The molecule has 6 heteroatoms. The van der Waals surface area contributed by atoms with Gasteiger partial charge in [0.2, 0.25) is 5.69 Å². The third-order valence-electron chi connectivity index (χ3n) is 6.50. The number of aldehydes is 1. The Balaban J connectivity index is 1.56. The number of hydrogen-bond donors (Lipinski definition) is 0. The highest BCUT2D eigenvalue weighted by molar-refractivity contribution is 5.79. The Morgan fingerprint density at radius 3 is 2.03 bits per heavy atom. The molecule has 0 aliphatic rings. The van der Waals surface area contributed by atoms with Crippen molar-refractivity contribution >= 4 is 12.0 Å². The first-order chi connectivity index (χ1) is 18.5. The van der Waals surface area contributed by atoms with E-state index in [9.17, 15) is 10.1 Å². The van der Waals surface area contributed by atoms with E-state index in [2.05, 4.69) is 36.9 Å². The molecule has 4 aromatic rings. The van der Waals surface area contributed by atoms with Crippen LogP contribution in [0.4, 0.5) is 5.69 Å². The van der Waals surface area contributed by atoms with E-state index in [1.165, 1.54) is 6.07 Å². The van der Waals surface area contributed by atoms with Gasteiger partial charge in [-0.2, -0.15) is 5.26 Å². The van der Waals surface area contributed by atoms with E-state index in [1.54, 1.807) is 37.4 Å². The van der Waals surface area contributed by atoms with Crippen LogP contribution in [-0.4, -0.2) is 13.4 Å². The van der Waals surface area contributed by atoms with Gasteiger partial charge in [-0.15, -0.1) is 0 Å². The van der Waals surface area contributed by atoms with Crippen LogP contribution in [0.3, 0.4) is 0 Å². The summed E-state index contributed by atoms with van der Waals surface area (Å²) in [5.74, 6) is 1.56. The number of nitrogens with zero attached hydrogens (tertiary/aromatic N) is 2. The SMILES string of the molecule is [C-]#[N+]c1cc(C=O)ccc1OCc1cccc(-c2cccc(COc3ccc(OC)cc3C#N)c2C)c1C. The summed E-state index contributed by atoms with van der Waals surface area (Å²) in [7, 11) is 1.56. The van der Waals surface area contributed by atoms with Gasteiger partial charge in [0.15, 0.2) is 0 Å². The summed E-state index contributed by atoms with van der Waals surface area (Å²) in [5, 5.41) is 9.48. The van der Waals surface area contributed by atoms with Crippen LogP contribution in [0.5, 0.6) is 17.2 Å². The molecule has 4 rings (SSSR count). The summed E-state index contributed by atoms with van der Waals surface area (Å²) in [4.78, 5) is 14.5. The van der Waals surface area contributed by atoms with Crippen molar-refractivity contribution in [3.63, 3.8) is 0 Å². The molecule has 0 amide bonds. The lowest BCUT2D eigenvalue weighted by Gasteiger charge is -2.17. The molecule has 0 aromatic heterocycles. The molecule has 0 unspecified atom stereocenters. The van der Waals surface area contributed by atoms with Gasteiger partial charge in [-0.1, -0.05) is 42.5 Å². The molecule has 0 aliphatic carbocycles. The maximum Gasteiger partial charge on any atom is 0.228 e. The quantitative estimate of drug-likeness (QED) is 0.176. The Morgan fingerprint density at radius 1 is 0.868 bits per heavy atom. The normalized spacial score (nSPS) is 10.2. The number of ether oxygens (including phenoxy) is 3. The van der Waals surface area contributed by atoms with E-state index in [0.717, 1.165) is 33.4 Å². The monoisotopic (exact) mass is 502 g/mol. The second kappa shape index (κ2) is 11.8. The lowest BCUT2D eigenvalue weighted by Crippen LogP contribution is -2.03. The lowest BCUT2D eigenvalue weighted by atomic mass is 9.92. The fraction of sp³-hybridized carbons (Fsp3) is 0.156. The number of hydrogen-bond acceptors (Lipinski definition) is 5. The Bertz CT molecular complexity index is 1580. The summed E-state index contributed by atoms with van der Waals surface area (Å²) >= 11 is 0. The molecule has 0 atom stereocenters. The van der Waals surface area contributed by atoms with Crippen molar-refractivity contribution in [2.45, 2.75) is 27.1 Å². The van der Waals surface area contributed by atoms with Gasteiger partial charge < -0.3 is 14.2 Å². The van der Waals surface area contributed by atoms with Gasteiger partial charge in [0.25, 0.3) is 0 Å². The van der Waals surface area contributed by atoms with Crippen molar-refractivity contribution in [1.82, 2.24) is 0 Å². The van der Waals surface area contributed by atoms with E-state index in [0.29, 0.717) is 53.6 Å². The molecule has 0 N–H and O–H groups in total. The zero-order valence-electron chi connectivity index (χ0n) is 21.4. The number of nitriles is 1.